The van der Waals surface area contributed by atoms with Gasteiger partial charge < -0.3 is 16.2 Å². The summed E-state index contributed by atoms with van der Waals surface area (Å²) in [7, 11) is 0. The Balaban J connectivity index is 2.51. The summed E-state index contributed by atoms with van der Waals surface area (Å²) in [6.45, 7) is 7.29. The fourth-order valence-electron chi connectivity index (χ4n) is 2.89. The molecule has 1 amide bonds. The van der Waals surface area contributed by atoms with Crippen LogP contribution in [-0.2, 0) is 4.79 Å². The van der Waals surface area contributed by atoms with E-state index in [2.05, 4.69) is 26.1 Å². The monoisotopic (exact) mass is 256 g/mol. The number of rotatable bonds is 5. The highest BCUT2D eigenvalue weighted by molar-refractivity contribution is 5.79. The van der Waals surface area contributed by atoms with E-state index in [1.807, 2.05) is 0 Å². The van der Waals surface area contributed by atoms with Crippen molar-refractivity contribution in [1.29, 1.82) is 0 Å². The van der Waals surface area contributed by atoms with Gasteiger partial charge in [-0.2, -0.15) is 0 Å². The standard InChI is InChI=1S/C14H28N2O2/c1-10-12(15)7-6-11(14(10,2)3)13(18)16-8-4-5-9-17/h10-12,17H,4-9,15H2,1-3H3,(H,16,18). The van der Waals surface area contributed by atoms with E-state index in [0.29, 0.717) is 12.5 Å². The van der Waals surface area contributed by atoms with E-state index in [4.69, 9.17) is 10.8 Å². The minimum atomic E-state index is -0.0429. The highest BCUT2D eigenvalue weighted by atomic mass is 16.2. The Morgan fingerprint density at radius 1 is 1.39 bits per heavy atom. The van der Waals surface area contributed by atoms with Crippen LogP contribution in [0.4, 0.5) is 0 Å². The first-order chi connectivity index (χ1) is 8.41. The molecule has 1 aliphatic carbocycles. The van der Waals surface area contributed by atoms with E-state index in [0.717, 1.165) is 25.7 Å². The van der Waals surface area contributed by atoms with Gasteiger partial charge in [0.05, 0.1) is 0 Å². The maximum Gasteiger partial charge on any atom is 0.223 e. The van der Waals surface area contributed by atoms with E-state index in [9.17, 15) is 4.79 Å². The van der Waals surface area contributed by atoms with Crippen LogP contribution in [0.15, 0.2) is 0 Å². The van der Waals surface area contributed by atoms with Crippen LogP contribution in [0.25, 0.3) is 0 Å². The molecule has 18 heavy (non-hydrogen) atoms. The predicted octanol–water partition coefficient (Wildman–Crippen LogP) is 1.27. The zero-order chi connectivity index (χ0) is 13.8. The summed E-state index contributed by atoms with van der Waals surface area (Å²) in [6, 6.07) is 0.207. The average molecular weight is 256 g/mol. The molecule has 1 aliphatic rings. The second-order valence-corrected chi connectivity index (χ2v) is 6.13. The van der Waals surface area contributed by atoms with Gasteiger partial charge in [0.25, 0.3) is 0 Å². The molecule has 4 N–H and O–H groups in total. The van der Waals surface area contributed by atoms with E-state index in [-0.39, 0.29) is 29.9 Å². The van der Waals surface area contributed by atoms with Crippen LogP contribution >= 0.6 is 0 Å². The summed E-state index contributed by atoms with van der Waals surface area (Å²) in [5.74, 6) is 0.567. The van der Waals surface area contributed by atoms with Gasteiger partial charge in [0.1, 0.15) is 0 Å². The number of aliphatic hydroxyl groups excluding tert-OH is 1. The first kappa shape index (κ1) is 15.4. The lowest BCUT2D eigenvalue weighted by Gasteiger charge is -2.46. The largest absolute Gasteiger partial charge is 0.396 e. The van der Waals surface area contributed by atoms with E-state index in [1.54, 1.807) is 0 Å². The Bertz CT molecular complexity index is 279. The van der Waals surface area contributed by atoms with Gasteiger partial charge in [0.15, 0.2) is 0 Å². The van der Waals surface area contributed by atoms with Crippen LogP contribution < -0.4 is 11.1 Å². The number of carbonyl (C=O) groups is 1. The van der Waals surface area contributed by atoms with Crippen molar-refractivity contribution in [2.75, 3.05) is 13.2 Å². The predicted molar refractivity (Wildman–Crippen MR) is 73.0 cm³/mol. The molecule has 4 nitrogen and oxygen atoms in total. The Labute approximate surface area is 110 Å². The van der Waals surface area contributed by atoms with Crippen LogP contribution in [0.1, 0.15) is 46.5 Å². The van der Waals surface area contributed by atoms with Crippen molar-refractivity contribution >= 4 is 5.91 Å². The first-order valence-corrected chi connectivity index (χ1v) is 7.05. The molecule has 0 heterocycles. The molecule has 0 saturated heterocycles. The van der Waals surface area contributed by atoms with E-state index >= 15 is 0 Å². The normalized spacial score (nSPS) is 31.1. The van der Waals surface area contributed by atoms with Crippen LogP contribution in [0.2, 0.25) is 0 Å². The minimum Gasteiger partial charge on any atom is -0.396 e. The minimum absolute atomic E-state index is 0.0429. The fraction of sp³-hybridized carbons (Fsp3) is 0.929. The van der Waals surface area contributed by atoms with Crippen molar-refractivity contribution in [1.82, 2.24) is 5.32 Å². The van der Waals surface area contributed by atoms with Crippen LogP contribution in [-0.4, -0.2) is 30.2 Å². The summed E-state index contributed by atoms with van der Waals surface area (Å²) in [6.07, 6.45) is 3.39. The highest BCUT2D eigenvalue weighted by Gasteiger charge is 2.44. The number of hydrogen-bond donors (Lipinski definition) is 3. The molecule has 3 unspecified atom stereocenters. The van der Waals surface area contributed by atoms with Crippen LogP contribution in [0, 0.1) is 17.3 Å². The maximum atomic E-state index is 12.2. The molecule has 0 aromatic rings. The summed E-state index contributed by atoms with van der Waals surface area (Å²) in [4.78, 5) is 12.2. The van der Waals surface area contributed by atoms with Crippen molar-refractivity contribution in [3.05, 3.63) is 0 Å². The lowest BCUT2D eigenvalue weighted by Crippen LogP contribution is -2.51. The number of nitrogens with two attached hydrogens (primary N) is 1. The number of unbranched alkanes of at least 4 members (excludes halogenated alkanes) is 1. The molecule has 1 fully saturated rings. The molecule has 3 atom stereocenters. The van der Waals surface area contributed by atoms with Gasteiger partial charge in [-0.25, -0.2) is 0 Å². The number of aliphatic hydroxyl groups is 1. The zero-order valence-electron chi connectivity index (χ0n) is 11.9. The number of hydrogen-bond acceptors (Lipinski definition) is 3. The average Bonchev–Trinajstić information content (AvgIpc) is 2.31. The van der Waals surface area contributed by atoms with Crippen molar-refractivity contribution < 1.29 is 9.90 Å². The SMILES string of the molecule is CC1C(N)CCC(C(=O)NCCCCO)C1(C)C. The van der Waals surface area contributed by atoms with E-state index < -0.39 is 0 Å². The highest BCUT2D eigenvalue weighted by Crippen LogP contribution is 2.44. The third-order valence-corrected chi connectivity index (χ3v) is 4.70. The molecule has 0 aliphatic heterocycles. The third kappa shape index (κ3) is 3.45. The Morgan fingerprint density at radius 3 is 2.67 bits per heavy atom. The van der Waals surface area contributed by atoms with Crippen molar-refractivity contribution in [3.63, 3.8) is 0 Å². The zero-order valence-corrected chi connectivity index (χ0v) is 11.9. The smallest absolute Gasteiger partial charge is 0.223 e. The Morgan fingerprint density at radius 2 is 2.06 bits per heavy atom. The molecular weight excluding hydrogens is 228 g/mol. The van der Waals surface area contributed by atoms with Gasteiger partial charge in [-0.1, -0.05) is 20.8 Å². The third-order valence-electron chi connectivity index (χ3n) is 4.70. The quantitative estimate of drug-likeness (QED) is 0.649. The number of nitrogens with one attached hydrogen (secondary N) is 1. The van der Waals surface area contributed by atoms with Crippen LogP contribution in [0.5, 0.6) is 0 Å². The van der Waals surface area contributed by atoms with Crippen molar-refractivity contribution in [2.24, 2.45) is 23.0 Å². The topological polar surface area (TPSA) is 75.4 Å². The Kier molecular flexibility index (Phi) is 5.60. The summed E-state index contributed by atoms with van der Waals surface area (Å²) >= 11 is 0. The molecule has 0 spiro atoms. The van der Waals surface area contributed by atoms with Crippen molar-refractivity contribution in [2.45, 2.75) is 52.5 Å². The van der Waals surface area contributed by atoms with Gasteiger partial charge in [-0.3, -0.25) is 4.79 Å². The molecule has 0 aromatic carbocycles. The van der Waals surface area contributed by atoms with Gasteiger partial charge in [-0.15, -0.1) is 0 Å². The Hall–Kier alpha value is -0.610. The molecule has 106 valence electrons. The molecule has 1 rings (SSSR count). The summed E-state index contributed by atoms with van der Waals surface area (Å²) in [5, 5.41) is 11.7. The molecular formula is C14H28N2O2. The summed E-state index contributed by atoms with van der Waals surface area (Å²) < 4.78 is 0. The molecule has 0 bridgehead atoms. The van der Waals surface area contributed by atoms with Gasteiger partial charge in [-0.05, 0) is 37.0 Å². The fourth-order valence-corrected chi connectivity index (χ4v) is 2.89. The second-order valence-electron chi connectivity index (χ2n) is 6.13. The van der Waals surface area contributed by atoms with Gasteiger partial charge >= 0.3 is 0 Å². The molecule has 1 saturated carbocycles. The molecule has 0 aromatic heterocycles. The maximum absolute atomic E-state index is 12.2. The number of amides is 1. The van der Waals surface area contributed by atoms with E-state index in [1.165, 1.54) is 0 Å². The lowest BCUT2D eigenvalue weighted by molar-refractivity contribution is -0.132. The second kappa shape index (κ2) is 6.53. The number of carbonyl (C=O) groups excluding carboxylic acids is 1. The van der Waals surface area contributed by atoms with Crippen LogP contribution in [0.3, 0.4) is 0 Å². The molecule has 0 radical (unpaired) electrons. The lowest BCUT2D eigenvalue weighted by atomic mass is 9.61. The summed E-state index contributed by atoms with van der Waals surface area (Å²) in [5.41, 5.74) is 6.05. The van der Waals surface area contributed by atoms with Gasteiger partial charge in [0.2, 0.25) is 5.91 Å². The first-order valence-electron chi connectivity index (χ1n) is 7.05. The molecule has 4 heteroatoms. The van der Waals surface area contributed by atoms with Crippen molar-refractivity contribution in [3.8, 4) is 0 Å². The van der Waals surface area contributed by atoms with Gasteiger partial charge in [0, 0.05) is 25.1 Å².